The molecule has 0 unspecified atom stereocenters. The molecule has 2 rings (SSSR count). The first-order valence-electron chi connectivity index (χ1n) is 6.49. The lowest BCUT2D eigenvalue weighted by molar-refractivity contribution is 0.0713. The van der Waals surface area contributed by atoms with Crippen LogP contribution in [0.4, 0.5) is 4.79 Å². The number of carbonyl (C=O) groups is 1. The van der Waals surface area contributed by atoms with E-state index in [1.54, 1.807) is 0 Å². The van der Waals surface area contributed by atoms with Gasteiger partial charge in [-0.1, -0.05) is 12.8 Å². The first-order chi connectivity index (χ1) is 7.77. The molecule has 16 heavy (non-hydrogen) atoms. The smallest absolute Gasteiger partial charge is 0.320 e. The van der Waals surface area contributed by atoms with E-state index in [4.69, 9.17) is 0 Å². The van der Waals surface area contributed by atoms with Crippen molar-refractivity contribution >= 4 is 6.03 Å². The minimum Gasteiger partial charge on any atom is -0.391 e. The average molecular weight is 226 g/mol. The van der Waals surface area contributed by atoms with Crippen LogP contribution in [0.1, 0.15) is 38.5 Å². The molecule has 0 aromatic rings. The quantitative estimate of drug-likeness (QED) is 0.679. The highest BCUT2D eigenvalue weighted by atomic mass is 16.3. The first kappa shape index (κ1) is 11.7. The van der Waals surface area contributed by atoms with Gasteiger partial charge in [0.2, 0.25) is 0 Å². The van der Waals surface area contributed by atoms with E-state index in [2.05, 4.69) is 0 Å². The highest BCUT2D eigenvalue weighted by Crippen LogP contribution is 2.15. The maximum absolute atomic E-state index is 12.2. The zero-order valence-corrected chi connectivity index (χ0v) is 9.90. The zero-order valence-electron chi connectivity index (χ0n) is 9.90. The number of rotatable bonds is 0. The van der Waals surface area contributed by atoms with Crippen molar-refractivity contribution in [1.29, 1.82) is 0 Å². The normalized spacial score (nSPS) is 27.7. The van der Waals surface area contributed by atoms with E-state index in [1.165, 1.54) is 12.8 Å². The van der Waals surface area contributed by atoms with Crippen molar-refractivity contribution in [3.05, 3.63) is 0 Å². The Hall–Kier alpha value is -0.770. The molecule has 1 N–H and O–H groups in total. The van der Waals surface area contributed by atoms with E-state index in [1.807, 2.05) is 9.80 Å². The molecule has 2 fully saturated rings. The van der Waals surface area contributed by atoms with E-state index >= 15 is 0 Å². The van der Waals surface area contributed by atoms with Crippen LogP contribution in [0.3, 0.4) is 0 Å². The Labute approximate surface area is 97.2 Å². The summed E-state index contributed by atoms with van der Waals surface area (Å²) in [6, 6.07) is 0.139. The van der Waals surface area contributed by atoms with Crippen molar-refractivity contribution < 1.29 is 9.90 Å². The summed E-state index contributed by atoms with van der Waals surface area (Å²) in [5.41, 5.74) is 0. The Morgan fingerprint density at radius 2 is 1.56 bits per heavy atom. The molecule has 1 atom stereocenters. The molecule has 4 heteroatoms. The number of aliphatic hydroxyl groups excluding tert-OH is 1. The maximum Gasteiger partial charge on any atom is 0.320 e. The Kier molecular flexibility index (Phi) is 4.04. The summed E-state index contributed by atoms with van der Waals surface area (Å²) in [7, 11) is 0. The van der Waals surface area contributed by atoms with Gasteiger partial charge in [0.1, 0.15) is 0 Å². The molecule has 2 heterocycles. The van der Waals surface area contributed by atoms with Gasteiger partial charge in [-0.3, -0.25) is 0 Å². The number of urea groups is 1. The van der Waals surface area contributed by atoms with Crippen molar-refractivity contribution in [3.63, 3.8) is 0 Å². The van der Waals surface area contributed by atoms with E-state index in [0.717, 1.165) is 45.3 Å². The van der Waals surface area contributed by atoms with E-state index < -0.39 is 0 Å². The van der Waals surface area contributed by atoms with Crippen molar-refractivity contribution in [2.24, 2.45) is 0 Å². The molecule has 0 aromatic carbocycles. The number of nitrogens with zero attached hydrogens (tertiary/aromatic N) is 2. The highest BCUT2D eigenvalue weighted by molar-refractivity contribution is 5.74. The molecular weight excluding hydrogens is 204 g/mol. The van der Waals surface area contributed by atoms with Gasteiger partial charge < -0.3 is 14.9 Å². The molecule has 4 nitrogen and oxygen atoms in total. The van der Waals surface area contributed by atoms with Crippen molar-refractivity contribution in [2.45, 2.75) is 44.6 Å². The van der Waals surface area contributed by atoms with Crippen LogP contribution < -0.4 is 0 Å². The Balaban J connectivity index is 1.89. The van der Waals surface area contributed by atoms with E-state index in [9.17, 15) is 9.90 Å². The van der Waals surface area contributed by atoms with Crippen molar-refractivity contribution in [2.75, 3.05) is 26.2 Å². The summed E-state index contributed by atoms with van der Waals surface area (Å²) in [5.74, 6) is 0. The van der Waals surface area contributed by atoms with Crippen LogP contribution in [0, 0.1) is 0 Å². The van der Waals surface area contributed by atoms with Gasteiger partial charge >= 0.3 is 6.03 Å². The van der Waals surface area contributed by atoms with Gasteiger partial charge in [0.25, 0.3) is 0 Å². The summed E-state index contributed by atoms with van der Waals surface area (Å²) in [6.07, 6.45) is 6.19. The van der Waals surface area contributed by atoms with Crippen LogP contribution in [-0.2, 0) is 0 Å². The molecule has 0 aromatic heterocycles. The molecule has 92 valence electrons. The number of likely N-dealkylation sites (tertiary alicyclic amines) is 2. The minimum atomic E-state index is -0.315. The highest BCUT2D eigenvalue weighted by Gasteiger charge is 2.26. The Bertz CT molecular complexity index is 233. The van der Waals surface area contributed by atoms with Crippen LogP contribution in [0.2, 0.25) is 0 Å². The van der Waals surface area contributed by atoms with Crippen LogP contribution in [0.25, 0.3) is 0 Å². The monoisotopic (exact) mass is 226 g/mol. The van der Waals surface area contributed by atoms with Crippen LogP contribution in [0.15, 0.2) is 0 Å². The van der Waals surface area contributed by atoms with Gasteiger partial charge in [-0.2, -0.15) is 0 Å². The van der Waals surface area contributed by atoms with Gasteiger partial charge in [-0.05, 0) is 25.7 Å². The largest absolute Gasteiger partial charge is 0.391 e. The minimum absolute atomic E-state index is 0.139. The lowest BCUT2D eigenvalue weighted by Gasteiger charge is -2.34. The van der Waals surface area contributed by atoms with Crippen molar-refractivity contribution in [3.8, 4) is 0 Å². The van der Waals surface area contributed by atoms with Crippen molar-refractivity contribution in [1.82, 2.24) is 9.80 Å². The molecule has 2 saturated heterocycles. The second-order valence-electron chi connectivity index (χ2n) is 4.93. The fraction of sp³-hybridized carbons (Fsp3) is 0.917. The molecule has 0 aliphatic carbocycles. The van der Waals surface area contributed by atoms with Gasteiger partial charge in [0.05, 0.1) is 6.10 Å². The summed E-state index contributed by atoms with van der Waals surface area (Å²) < 4.78 is 0. The lowest BCUT2D eigenvalue weighted by atomic mass is 10.1. The summed E-state index contributed by atoms with van der Waals surface area (Å²) in [5, 5.41) is 9.57. The van der Waals surface area contributed by atoms with E-state index in [0.29, 0.717) is 6.54 Å². The summed E-state index contributed by atoms with van der Waals surface area (Å²) >= 11 is 0. The fourth-order valence-electron chi connectivity index (χ4n) is 2.59. The molecule has 2 amide bonds. The van der Waals surface area contributed by atoms with Gasteiger partial charge in [0.15, 0.2) is 0 Å². The van der Waals surface area contributed by atoms with Gasteiger partial charge in [-0.25, -0.2) is 4.79 Å². The molecule has 0 bridgehead atoms. The lowest BCUT2D eigenvalue weighted by Crippen LogP contribution is -2.49. The molecule has 0 spiro atoms. The standard InChI is InChI=1S/C12H22N2O2/c15-11-6-5-9-14(10-11)12(16)13-7-3-1-2-4-8-13/h11,15H,1-10H2/t11-/m0/s1. The number of amides is 2. The molecule has 0 radical (unpaired) electrons. The third-order valence-electron chi connectivity index (χ3n) is 3.54. The number of β-amino-alcohol motifs (C(OH)–C–C–N with tert-alkyl or cyclic N) is 1. The fourth-order valence-corrected chi connectivity index (χ4v) is 2.59. The second kappa shape index (κ2) is 5.53. The second-order valence-corrected chi connectivity index (χ2v) is 4.93. The van der Waals surface area contributed by atoms with E-state index in [-0.39, 0.29) is 12.1 Å². The van der Waals surface area contributed by atoms with Gasteiger partial charge in [0, 0.05) is 26.2 Å². The maximum atomic E-state index is 12.2. The number of carbonyl (C=O) groups excluding carboxylic acids is 1. The molecule has 2 aliphatic heterocycles. The molecule has 0 saturated carbocycles. The first-order valence-corrected chi connectivity index (χ1v) is 6.49. The predicted octanol–water partition coefficient (Wildman–Crippen LogP) is 1.44. The topological polar surface area (TPSA) is 43.8 Å². The third-order valence-corrected chi connectivity index (χ3v) is 3.54. The third kappa shape index (κ3) is 2.88. The Morgan fingerprint density at radius 1 is 0.938 bits per heavy atom. The number of hydrogen-bond acceptors (Lipinski definition) is 2. The predicted molar refractivity (Wildman–Crippen MR) is 62.3 cm³/mol. The molecule has 2 aliphatic rings. The van der Waals surface area contributed by atoms with Crippen LogP contribution >= 0.6 is 0 Å². The summed E-state index contributed by atoms with van der Waals surface area (Å²) in [6.45, 7) is 3.12. The van der Waals surface area contributed by atoms with Crippen LogP contribution in [-0.4, -0.2) is 53.2 Å². The summed E-state index contributed by atoms with van der Waals surface area (Å²) in [4.78, 5) is 16.0. The number of piperidine rings is 1. The SMILES string of the molecule is O=C(N1CCCCCC1)N1CCC[C@H](O)C1. The number of hydrogen-bond donors (Lipinski definition) is 1. The zero-order chi connectivity index (χ0) is 11.4. The Morgan fingerprint density at radius 3 is 2.19 bits per heavy atom. The van der Waals surface area contributed by atoms with Crippen LogP contribution in [0.5, 0.6) is 0 Å². The number of aliphatic hydroxyl groups is 1. The van der Waals surface area contributed by atoms with Gasteiger partial charge in [-0.15, -0.1) is 0 Å². The molecular formula is C12H22N2O2. The average Bonchev–Trinajstić information content (AvgIpc) is 2.56.